The number of nitrogens with zero attached hydrogens (tertiary/aromatic N) is 5. The molecule has 5 rings (SSSR count). The molecule has 1 aliphatic rings. The second kappa shape index (κ2) is 5.62. The summed E-state index contributed by atoms with van der Waals surface area (Å²) in [7, 11) is 1.89. The van der Waals surface area contributed by atoms with E-state index >= 15 is 0 Å². The molecule has 1 unspecified atom stereocenters. The van der Waals surface area contributed by atoms with Gasteiger partial charge in [0, 0.05) is 12.4 Å². The minimum atomic E-state index is -0.924. The van der Waals surface area contributed by atoms with Crippen LogP contribution in [0.2, 0.25) is 0 Å². The van der Waals surface area contributed by atoms with Gasteiger partial charge in [0.05, 0.1) is 16.6 Å². The zero-order valence-electron chi connectivity index (χ0n) is 14.2. The molecule has 27 heavy (non-hydrogen) atoms. The number of fused-ring (bicyclic) bond motifs is 4. The smallest absolute Gasteiger partial charge is 0.262 e. The van der Waals surface area contributed by atoms with Crippen molar-refractivity contribution >= 4 is 46.5 Å². The number of imide groups is 1. The number of carbonyl (C=O) groups is 2. The quantitative estimate of drug-likeness (QED) is 0.430. The monoisotopic (exact) mass is 375 g/mol. The Balaban J connectivity index is 1.62. The minimum absolute atomic E-state index is 0.200. The maximum atomic E-state index is 12.7. The van der Waals surface area contributed by atoms with Crippen LogP contribution >= 0.6 is 12.6 Å². The molecule has 0 aliphatic carbocycles. The van der Waals surface area contributed by atoms with Crippen LogP contribution in [0.5, 0.6) is 0 Å². The highest BCUT2D eigenvalue weighted by Gasteiger charge is 2.40. The summed E-state index contributed by atoms with van der Waals surface area (Å²) in [6.45, 7) is 0. The molecule has 3 heterocycles. The molecule has 1 atom stereocenters. The van der Waals surface area contributed by atoms with Gasteiger partial charge in [0.1, 0.15) is 10.9 Å². The van der Waals surface area contributed by atoms with Crippen molar-refractivity contribution in [2.75, 3.05) is 0 Å². The van der Waals surface area contributed by atoms with E-state index in [0.29, 0.717) is 22.3 Å². The third-order valence-corrected chi connectivity index (χ3v) is 5.29. The van der Waals surface area contributed by atoms with E-state index < -0.39 is 17.2 Å². The first-order chi connectivity index (χ1) is 13.1. The third-order valence-electron chi connectivity index (χ3n) is 4.82. The zero-order valence-corrected chi connectivity index (χ0v) is 15.1. The zero-order chi connectivity index (χ0) is 18.7. The SMILES string of the molecule is Cn1c2ccccc2c2nnc(C(S)N3C(=O)c4ccccc4C3=O)nc21. The summed E-state index contributed by atoms with van der Waals surface area (Å²) in [6, 6.07) is 14.5. The molecule has 0 bridgehead atoms. The molecular weight excluding hydrogens is 362 g/mol. The summed E-state index contributed by atoms with van der Waals surface area (Å²) in [5.41, 5.74) is 2.99. The van der Waals surface area contributed by atoms with Gasteiger partial charge in [-0.2, -0.15) is 0 Å². The molecule has 0 saturated heterocycles. The maximum Gasteiger partial charge on any atom is 0.262 e. The molecule has 0 N–H and O–H groups in total. The van der Waals surface area contributed by atoms with Gasteiger partial charge in [-0.25, -0.2) is 4.98 Å². The first kappa shape index (κ1) is 16.0. The van der Waals surface area contributed by atoms with Crippen LogP contribution in [0.3, 0.4) is 0 Å². The molecule has 8 heteroatoms. The lowest BCUT2D eigenvalue weighted by molar-refractivity contribution is 0.0633. The summed E-state index contributed by atoms with van der Waals surface area (Å²) in [6.07, 6.45) is 0. The van der Waals surface area contributed by atoms with Crippen LogP contribution in [-0.4, -0.2) is 36.5 Å². The van der Waals surface area contributed by atoms with E-state index in [1.807, 2.05) is 35.9 Å². The van der Waals surface area contributed by atoms with Crippen molar-refractivity contribution in [1.82, 2.24) is 24.6 Å². The minimum Gasteiger partial charge on any atom is -0.327 e. The summed E-state index contributed by atoms with van der Waals surface area (Å²) in [5, 5.41) is 8.46. The highest BCUT2D eigenvalue weighted by molar-refractivity contribution is 7.80. The first-order valence-corrected chi connectivity index (χ1v) is 8.82. The normalized spacial score (nSPS) is 15.0. The van der Waals surface area contributed by atoms with Gasteiger partial charge in [0.25, 0.3) is 11.8 Å². The lowest BCUT2D eigenvalue weighted by atomic mass is 10.1. The van der Waals surface area contributed by atoms with Gasteiger partial charge in [0.15, 0.2) is 11.5 Å². The summed E-state index contributed by atoms with van der Waals surface area (Å²) < 4.78 is 1.91. The summed E-state index contributed by atoms with van der Waals surface area (Å²) >= 11 is 4.47. The fraction of sp³-hybridized carbons (Fsp3) is 0.105. The molecule has 1 aliphatic heterocycles. The lowest BCUT2D eigenvalue weighted by Crippen LogP contribution is -2.32. The van der Waals surface area contributed by atoms with Gasteiger partial charge >= 0.3 is 0 Å². The molecule has 4 aromatic rings. The first-order valence-electron chi connectivity index (χ1n) is 8.30. The second-order valence-corrected chi connectivity index (χ2v) is 6.81. The molecule has 132 valence electrons. The number of thiol groups is 1. The van der Waals surface area contributed by atoms with E-state index in [1.165, 1.54) is 0 Å². The largest absolute Gasteiger partial charge is 0.327 e. The van der Waals surface area contributed by atoms with Gasteiger partial charge in [-0.3, -0.25) is 14.5 Å². The van der Waals surface area contributed by atoms with Gasteiger partial charge in [-0.15, -0.1) is 22.8 Å². The summed E-state index contributed by atoms with van der Waals surface area (Å²) in [5.74, 6) is -0.612. The number of rotatable bonds is 2. The Morgan fingerprint density at radius 2 is 1.56 bits per heavy atom. The van der Waals surface area contributed by atoms with E-state index in [1.54, 1.807) is 24.3 Å². The summed E-state index contributed by atoms with van der Waals surface area (Å²) in [4.78, 5) is 31.0. The number of aromatic nitrogens is 4. The van der Waals surface area contributed by atoms with Crippen molar-refractivity contribution in [3.05, 3.63) is 65.5 Å². The van der Waals surface area contributed by atoms with E-state index in [2.05, 4.69) is 27.8 Å². The molecule has 7 nitrogen and oxygen atoms in total. The Morgan fingerprint density at radius 3 is 2.26 bits per heavy atom. The van der Waals surface area contributed by atoms with Crippen LogP contribution in [0.25, 0.3) is 22.1 Å². The maximum absolute atomic E-state index is 12.7. The van der Waals surface area contributed by atoms with Crippen LogP contribution in [0.15, 0.2) is 48.5 Å². The predicted molar refractivity (Wildman–Crippen MR) is 102 cm³/mol. The standard InChI is InChI=1S/C19H13N5O2S/c1-23-13-9-5-4-8-12(13)14-16(23)20-15(22-21-14)19(27)24-17(25)10-6-2-3-7-11(10)18(24)26/h2-9,19,27H,1H3. The third kappa shape index (κ3) is 2.13. The fourth-order valence-electron chi connectivity index (χ4n) is 3.47. The number of hydrogen-bond donors (Lipinski definition) is 1. The van der Waals surface area contributed by atoms with Crippen molar-refractivity contribution in [2.45, 2.75) is 5.37 Å². The van der Waals surface area contributed by atoms with E-state index in [0.717, 1.165) is 15.8 Å². The molecule has 2 aromatic carbocycles. The lowest BCUT2D eigenvalue weighted by Gasteiger charge is -2.19. The molecular formula is C19H13N5O2S. The van der Waals surface area contributed by atoms with Gasteiger partial charge in [0.2, 0.25) is 0 Å². The number of amides is 2. The second-order valence-electron chi connectivity index (χ2n) is 6.32. The van der Waals surface area contributed by atoms with E-state index in [4.69, 9.17) is 0 Å². The van der Waals surface area contributed by atoms with Crippen molar-refractivity contribution in [3.63, 3.8) is 0 Å². The number of hydrogen-bond acceptors (Lipinski definition) is 6. The van der Waals surface area contributed by atoms with Crippen LogP contribution in [0.1, 0.15) is 31.9 Å². The average molecular weight is 375 g/mol. The Morgan fingerprint density at radius 1 is 0.926 bits per heavy atom. The topological polar surface area (TPSA) is 81.0 Å². The van der Waals surface area contributed by atoms with Gasteiger partial charge < -0.3 is 4.57 Å². The Labute approximate surface area is 159 Å². The van der Waals surface area contributed by atoms with Gasteiger partial charge in [-0.1, -0.05) is 30.3 Å². The molecule has 0 spiro atoms. The Hall–Kier alpha value is -3.26. The highest BCUT2D eigenvalue weighted by atomic mass is 32.1. The number of aryl methyl sites for hydroxylation is 1. The predicted octanol–water partition coefficient (Wildman–Crippen LogP) is 2.74. The van der Waals surface area contributed by atoms with Crippen molar-refractivity contribution < 1.29 is 9.59 Å². The number of benzene rings is 2. The molecule has 0 fully saturated rings. The van der Waals surface area contributed by atoms with Crippen molar-refractivity contribution in [1.29, 1.82) is 0 Å². The number of carbonyl (C=O) groups excluding carboxylic acids is 2. The number of para-hydroxylation sites is 1. The highest BCUT2D eigenvalue weighted by Crippen LogP contribution is 2.33. The van der Waals surface area contributed by atoms with Crippen molar-refractivity contribution in [2.24, 2.45) is 7.05 Å². The molecule has 0 saturated carbocycles. The molecule has 2 aromatic heterocycles. The fourth-order valence-corrected chi connectivity index (χ4v) is 3.79. The van der Waals surface area contributed by atoms with Crippen molar-refractivity contribution in [3.8, 4) is 0 Å². The Bertz CT molecular complexity index is 1230. The van der Waals surface area contributed by atoms with Crippen LogP contribution in [0, 0.1) is 0 Å². The van der Waals surface area contributed by atoms with Gasteiger partial charge in [-0.05, 0) is 18.2 Å². The van der Waals surface area contributed by atoms with Crippen LogP contribution in [-0.2, 0) is 7.05 Å². The van der Waals surface area contributed by atoms with Crippen LogP contribution in [0.4, 0.5) is 0 Å². The molecule has 2 amide bonds. The molecule has 0 radical (unpaired) electrons. The Kier molecular flexibility index (Phi) is 3.32. The van der Waals surface area contributed by atoms with E-state index in [-0.39, 0.29) is 5.82 Å². The van der Waals surface area contributed by atoms with Crippen LogP contribution < -0.4 is 0 Å². The average Bonchev–Trinajstić information content (AvgIpc) is 3.13. The van der Waals surface area contributed by atoms with E-state index in [9.17, 15) is 9.59 Å².